The van der Waals surface area contributed by atoms with Crippen molar-refractivity contribution in [2.24, 2.45) is 0 Å². The van der Waals surface area contributed by atoms with Crippen molar-refractivity contribution in [3.8, 4) is 0 Å². The molecule has 0 saturated heterocycles. The Balaban J connectivity index is 2.25. The average molecular weight is 329 g/mol. The summed E-state index contributed by atoms with van der Waals surface area (Å²) in [5.41, 5.74) is 5.02. The molecular weight excluding hydrogens is 310 g/mol. The minimum absolute atomic E-state index is 0.0682. The van der Waals surface area contributed by atoms with E-state index in [1.807, 2.05) is 6.92 Å². The summed E-state index contributed by atoms with van der Waals surface area (Å²) in [5.74, 6) is -0.505. The summed E-state index contributed by atoms with van der Waals surface area (Å²) in [7, 11) is 0. The van der Waals surface area contributed by atoms with E-state index in [2.05, 4.69) is 20.6 Å². The van der Waals surface area contributed by atoms with E-state index in [0.29, 0.717) is 26.2 Å². The first-order valence-electron chi connectivity index (χ1n) is 6.66. The Morgan fingerprint density at radius 3 is 2.95 bits per heavy atom. The van der Waals surface area contributed by atoms with Crippen LogP contribution in [0.1, 0.15) is 13.3 Å². The molecule has 3 amide bonds. The van der Waals surface area contributed by atoms with Gasteiger partial charge in [0, 0.05) is 25.8 Å². The summed E-state index contributed by atoms with van der Waals surface area (Å²) in [6, 6.07) is 0.566. The smallest absolute Gasteiger partial charge is 0.321 e. The molecule has 0 radical (unpaired) electrons. The molecule has 1 aromatic heterocycles. The predicted octanol–water partition coefficient (Wildman–Crippen LogP) is -0.303. The fourth-order valence-corrected chi connectivity index (χ4v) is 2.07. The number of amides is 3. The van der Waals surface area contributed by atoms with Crippen molar-refractivity contribution in [3.05, 3.63) is 16.4 Å². The van der Waals surface area contributed by atoms with E-state index in [9.17, 15) is 14.4 Å². The minimum Gasteiger partial charge on any atom is -0.383 e. The van der Waals surface area contributed by atoms with E-state index in [-0.39, 0.29) is 16.7 Å². The molecule has 9 nitrogen and oxygen atoms in total. The number of nitrogens with two attached hydrogens (primary N) is 1. The molecule has 1 heterocycles. The Labute approximate surface area is 131 Å². The van der Waals surface area contributed by atoms with E-state index >= 15 is 0 Å². The molecule has 5 N–H and O–H groups in total. The zero-order valence-corrected chi connectivity index (χ0v) is 13.0. The Morgan fingerprint density at radius 1 is 1.50 bits per heavy atom. The number of ether oxygens (including phenoxy) is 1. The van der Waals surface area contributed by atoms with Crippen LogP contribution in [0.4, 0.5) is 10.6 Å². The van der Waals surface area contributed by atoms with Crippen molar-refractivity contribution in [2.75, 3.05) is 31.2 Å². The van der Waals surface area contributed by atoms with E-state index in [1.54, 1.807) is 0 Å². The van der Waals surface area contributed by atoms with Gasteiger partial charge in [-0.2, -0.15) is 0 Å². The zero-order chi connectivity index (χ0) is 16.4. The van der Waals surface area contributed by atoms with Crippen molar-refractivity contribution in [2.45, 2.75) is 18.5 Å². The number of H-pyrrole nitrogens is 1. The summed E-state index contributed by atoms with van der Waals surface area (Å²) in [6.45, 7) is 3.48. The van der Waals surface area contributed by atoms with Gasteiger partial charge in [-0.3, -0.25) is 14.9 Å². The van der Waals surface area contributed by atoms with Gasteiger partial charge >= 0.3 is 6.03 Å². The molecule has 0 aliphatic heterocycles. The standard InChI is InChI=1S/C12H19N5O4S/c1-2-21-5-3-4-14-11(20)16-10(19)7-22-12-15-8(13)6-9(18)17-12/h6H,2-5,7H2,1H3,(H3,13,15,17,18)(H2,14,16,19,20). The molecule has 0 atom stereocenters. The molecule has 0 aliphatic carbocycles. The predicted molar refractivity (Wildman–Crippen MR) is 82.6 cm³/mol. The highest BCUT2D eigenvalue weighted by molar-refractivity contribution is 7.99. The largest absolute Gasteiger partial charge is 0.383 e. The van der Waals surface area contributed by atoms with Crippen LogP contribution in [-0.4, -0.2) is 47.4 Å². The molecule has 0 aromatic carbocycles. The van der Waals surface area contributed by atoms with Crippen molar-refractivity contribution in [1.82, 2.24) is 20.6 Å². The van der Waals surface area contributed by atoms with Crippen LogP contribution in [-0.2, 0) is 9.53 Å². The molecule has 0 unspecified atom stereocenters. The van der Waals surface area contributed by atoms with E-state index in [1.165, 1.54) is 0 Å². The highest BCUT2D eigenvalue weighted by Crippen LogP contribution is 2.10. The molecule has 0 aliphatic rings. The second-order valence-corrected chi connectivity index (χ2v) is 5.08. The van der Waals surface area contributed by atoms with Crippen molar-refractivity contribution in [1.29, 1.82) is 0 Å². The number of hydrogen-bond acceptors (Lipinski definition) is 7. The topological polar surface area (TPSA) is 139 Å². The summed E-state index contributed by atoms with van der Waals surface area (Å²) in [6.07, 6.45) is 0.665. The highest BCUT2D eigenvalue weighted by Gasteiger charge is 2.09. The number of hydrogen-bond donors (Lipinski definition) is 4. The van der Waals surface area contributed by atoms with E-state index in [4.69, 9.17) is 10.5 Å². The number of rotatable bonds is 8. The van der Waals surface area contributed by atoms with Gasteiger partial charge in [0.15, 0.2) is 5.16 Å². The molecule has 1 rings (SSSR count). The van der Waals surface area contributed by atoms with Crippen LogP contribution in [0.5, 0.6) is 0 Å². The molecule has 122 valence electrons. The Kier molecular flexibility index (Phi) is 8.00. The summed E-state index contributed by atoms with van der Waals surface area (Å²) in [5, 5.41) is 4.92. The number of aromatic nitrogens is 2. The summed E-state index contributed by atoms with van der Waals surface area (Å²) < 4.78 is 5.12. The molecule has 0 bridgehead atoms. The van der Waals surface area contributed by atoms with Gasteiger partial charge in [0.05, 0.1) is 5.75 Å². The molecule has 22 heavy (non-hydrogen) atoms. The van der Waals surface area contributed by atoms with Gasteiger partial charge < -0.3 is 20.8 Å². The van der Waals surface area contributed by atoms with E-state index < -0.39 is 17.5 Å². The average Bonchev–Trinajstić information content (AvgIpc) is 2.44. The normalized spacial score (nSPS) is 10.2. The lowest BCUT2D eigenvalue weighted by atomic mass is 10.4. The number of carbonyl (C=O) groups excluding carboxylic acids is 2. The van der Waals surface area contributed by atoms with Gasteiger partial charge in [0.2, 0.25) is 5.91 Å². The lowest BCUT2D eigenvalue weighted by Crippen LogP contribution is -2.40. The number of aromatic amines is 1. The number of nitrogens with zero attached hydrogens (tertiary/aromatic N) is 1. The number of imide groups is 1. The number of urea groups is 1. The van der Waals surface area contributed by atoms with Crippen LogP contribution >= 0.6 is 11.8 Å². The number of carbonyl (C=O) groups is 2. The highest BCUT2D eigenvalue weighted by atomic mass is 32.2. The Morgan fingerprint density at radius 2 is 2.27 bits per heavy atom. The lowest BCUT2D eigenvalue weighted by molar-refractivity contribution is -0.117. The van der Waals surface area contributed by atoms with Crippen molar-refractivity contribution in [3.63, 3.8) is 0 Å². The van der Waals surface area contributed by atoms with Crippen LogP contribution in [0.15, 0.2) is 16.0 Å². The molecule has 0 fully saturated rings. The summed E-state index contributed by atoms with van der Waals surface area (Å²) >= 11 is 0.975. The van der Waals surface area contributed by atoms with Gasteiger partial charge in [-0.25, -0.2) is 9.78 Å². The van der Waals surface area contributed by atoms with Gasteiger partial charge in [-0.1, -0.05) is 11.8 Å². The minimum atomic E-state index is -0.573. The maximum Gasteiger partial charge on any atom is 0.321 e. The number of anilines is 1. The van der Waals surface area contributed by atoms with Crippen LogP contribution < -0.4 is 21.9 Å². The van der Waals surface area contributed by atoms with Crippen LogP contribution in [0.3, 0.4) is 0 Å². The van der Waals surface area contributed by atoms with Gasteiger partial charge in [-0.05, 0) is 13.3 Å². The van der Waals surface area contributed by atoms with Crippen molar-refractivity contribution < 1.29 is 14.3 Å². The molecule has 0 saturated carbocycles. The first-order valence-corrected chi connectivity index (χ1v) is 7.65. The first-order chi connectivity index (χ1) is 10.5. The second-order valence-electron chi connectivity index (χ2n) is 4.12. The zero-order valence-electron chi connectivity index (χ0n) is 12.2. The first kappa shape index (κ1) is 18.0. The Bertz CT molecular complexity index is 563. The third kappa shape index (κ3) is 7.64. The molecular formula is C12H19N5O4S. The fraction of sp³-hybridized carbons (Fsp3) is 0.500. The second kappa shape index (κ2) is 9.79. The van der Waals surface area contributed by atoms with Crippen LogP contribution in [0.25, 0.3) is 0 Å². The maximum absolute atomic E-state index is 11.6. The van der Waals surface area contributed by atoms with Gasteiger partial charge in [0.25, 0.3) is 5.56 Å². The van der Waals surface area contributed by atoms with E-state index in [0.717, 1.165) is 17.8 Å². The third-order valence-electron chi connectivity index (χ3n) is 2.29. The maximum atomic E-state index is 11.6. The summed E-state index contributed by atoms with van der Waals surface area (Å²) in [4.78, 5) is 40.4. The quantitative estimate of drug-likeness (QED) is 0.291. The Hall–Kier alpha value is -2.07. The number of thioether (sulfide) groups is 1. The van der Waals surface area contributed by atoms with Crippen LogP contribution in [0, 0.1) is 0 Å². The fourth-order valence-electron chi connectivity index (χ4n) is 1.38. The molecule has 0 spiro atoms. The molecule has 10 heteroatoms. The number of nitrogen functional groups attached to an aromatic ring is 1. The number of nitrogens with one attached hydrogen (secondary N) is 3. The third-order valence-corrected chi connectivity index (χ3v) is 3.16. The van der Waals surface area contributed by atoms with Crippen molar-refractivity contribution >= 4 is 29.5 Å². The monoisotopic (exact) mass is 329 g/mol. The van der Waals surface area contributed by atoms with Gasteiger partial charge in [-0.15, -0.1) is 0 Å². The SMILES string of the molecule is CCOCCCNC(=O)NC(=O)CSc1nc(N)cc(=O)[nH]1. The molecule has 1 aromatic rings. The van der Waals surface area contributed by atoms with Crippen LogP contribution in [0.2, 0.25) is 0 Å². The van der Waals surface area contributed by atoms with Gasteiger partial charge in [0.1, 0.15) is 5.82 Å². The lowest BCUT2D eigenvalue weighted by Gasteiger charge is -2.06.